The van der Waals surface area contributed by atoms with E-state index in [1.807, 2.05) is 35.2 Å². The first kappa shape index (κ1) is 21.5. The Morgan fingerprint density at radius 2 is 1.48 bits per heavy atom. The molecule has 8 heteroatoms. The minimum atomic E-state index is -0.764. The molecule has 1 aromatic rings. The van der Waals surface area contributed by atoms with E-state index in [4.69, 9.17) is 0 Å². The number of likely N-dealkylation sites (tertiary alicyclic amines) is 2. The molecule has 3 aliphatic rings. The number of hydrogen-bond acceptors (Lipinski definition) is 4. The highest BCUT2D eigenvalue weighted by atomic mass is 16.2. The van der Waals surface area contributed by atoms with E-state index in [1.54, 1.807) is 0 Å². The average Bonchev–Trinajstić information content (AvgIpc) is 3.01. The summed E-state index contributed by atoms with van der Waals surface area (Å²) in [5.41, 5.74) is 0.805. The number of hydrogen-bond donors (Lipinski definition) is 1. The molecule has 166 valence electrons. The molecule has 0 aromatic heterocycles. The number of benzene rings is 1. The predicted octanol–water partition coefficient (Wildman–Crippen LogP) is 0.632. The van der Waals surface area contributed by atoms with Crippen molar-refractivity contribution in [3.05, 3.63) is 35.9 Å². The van der Waals surface area contributed by atoms with Crippen molar-refractivity contribution in [1.29, 1.82) is 0 Å². The molecule has 0 bridgehead atoms. The Hall–Kier alpha value is -2.74. The first-order valence-corrected chi connectivity index (χ1v) is 11.4. The number of quaternary nitrogens is 1. The smallest absolute Gasteiger partial charge is 0.339 e. The van der Waals surface area contributed by atoms with Gasteiger partial charge < -0.3 is 9.80 Å². The van der Waals surface area contributed by atoms with Gasteiger partial charge in [0.05, 0.1) is 19.6 Å². The molecule has 5 amide bonds. The zero-order valence-corrected chi connectivity index (χ0v) is 17.9. The van der Waals surface area contributed by atoms with Crippen LogP contribution in [0.15, 0.2) is 30.3 Å². The van der Waals surface area contributed by atoms with Gasteiger partial charge in [-0.15, -0.1) is 0 Å². The van der Waals surface area contributed by atoms with Gasteiger partial charge in [-0.2, -0.15) is 0 Å². The fraction of sp³-hybridized carbons (Fsp3) is 0.565. The number of urea groups is 1. The lowest BCUT2D eigenvalue weighted by Gasteiger charge is -2.33. The lowest BCUT2D eigenvalue weighted by molar-refractivity contribution is -0.912. The molecule has 0 radical (unpaired) electrons. The second-order valence-corrected chi connectivity index (χ2v) is 8.81. The van der Waals surface area contributed by atoms with Crippen molar-refractivity contribution >= 4 is 23.8 Å². The van der Waals surface area contributed by atoms with Crippen molar-refractivity contribution in [2.75, 3.05) is 32.8 Å². The van der Waals surface area contributed by atoms with Crippen LogP contribution in [0.5, 0.6) is 0 Å². The molecule has 3 fully saturated rings. The lowest BCUT2D eigenvalue weighted by Crippen LogP contribution is -3.14. The molecule has 0 atom stereocenters. The van der Waals surface area contributed by atoms with Crippen molar-refractivity contribution in [2.45, 2.75) is 45.1 Å². The van der Waals surface area contributed by atoms with Gasteiger partial charge in [0.1, 0.15) is 0 Å². The van der Waals surface area contributed by atoms with E-state index in [0.29, 0.717) is 13.1 Å². The largest absolute Gasteiger partial charge is 0.342 e. The minimum absolute atomic E-state index is 0.0306. The number of nitrogens with zero attached hydrogens (tertiary/aromatic N) is 3. The van der Waals surface area contributed by atoms with Gasteiger partial charge in [0.15, 0.2) is 6.67 Å². The van der Waals surface area contributed by atoms with Crippen LogP contribution in [0.25, 0.3) is 0 Å². The summed E-state index contributed by atoms with van der Waals surface area (Å²) in [4.78, 5) is 55.6. The molecule has 31 heavy (non-hydrogen) atoms. The number of amides is 5. The van der Waals surface area contributed by atoms with Crippen LogP contribution in [0.1, 0.15) is 44.1 Å². The number of imide groups is 2. The molecule has 3 heterocycles. The minimum Gasteiger partial charge on any atom is -0.342 e. The Bertz CT molecular complexity index is 827. The third-order valence-corrected chi connectivity index (χ3v) is 6.66. The molecule has 8 nitrogen and oxygen atoms in total. The van der Waals surface area contributed by atoms with Crippen molar-refractivity contribution in [2.24, 2.45) is 5.92 Å². The molecule has 0 saturated carbocycles. The highest BCUT2D eigenvalue weighted by Gasteiger charge is 2.46. The maximum atomic E-state index is 12.9. The van der Waals surface area contributed by atoms with Crippen LogP contribution < -0.4 is 4.90 Å². The molecular formula is C23H31N4O4+. The Labute approximate surface area is 182 Å². The van der Waals surface area contributed by atoms with Gasteiger partial charge in [0.2, 0.25) is 5.91 Å². The van der Waals surface area contributed by atoms with E-state index in [0.717, 1.165) is 59.0 Å². The maximum Gasteiger partial charge on any atom is 0.339 e. The first-order chi connectivity index (χ1) is 15.0. The first-order valence-electron chi connectivity index (χ1n) is 11.4. The van der Waals surface area contributed by atoms with Gasteiger partial charge in [-0.25, -0.2) is 9.69 Å². The average molecular weight is 428 g/mol. The SMILES string of the molecule is O=C(C1CC[NH+](CN2C(=O)C(=O)N(Cc3ccccc3)C2=O)CC1)N1CCCCCC1. The topological polar surface area (TPSA) is 82.4 Å². The molecule has 4 rings (SSSR count). The lowest BCUT2D eigenvalue weighted by atomic mass is 9.95. The molecular weight excluding hydrogens is 396 g/mol. The highest BCUT2D eigenvalue weighted by Crippen LogP contribution is 2.19. The zero-order valence-electron chi connectivity index (χ0n) is 17.9. The zero-order chi connectivity index (χ0) is 21.8. The summed E-state index contributed by atoms with van der Waals surface area (Å²) < 4.78 is 0. The quantitative estimate of drug-likeness (QED) is 0.552. The van der Waals surface area contributed by atoms with Crippen LogP contribution in [0.4, 0.5) is 4.79 Å². The van der Waals surface area contributed by atoms with E-state index in [-0.39, 0.29) is 25.0 Å². The number of rotatable bonds is 5. The predicted molar refractivity (Wildman–Crippen MR) is 113 cm³/mol. The van der Waals surface area contributed by atoms with Crippen LogP contribution in [0.3, 0.4) is 0 Å². The van der Waals surface area contributed by atoms with E-state index in [2.05, 4.69) is 0 Å². The van der Waals surface area contributed by atoms with Gasteiger partial charge in [-0.1, -0.05) is 43.2 Å². The standard InChI is InChI=1S/C23H30N4O4/c28-20(25-12-6-1-2-7-13-25)19-10-14-24(15-11-19)17-27-22(30)21(29)26(23(27)31)16-18-8-4-3-5-9-18/h3-5,8-9,19H,1-2,6-7,10-17H2/p+1. The number of carbonyl (C=O) groups is 4. The van der Waals surface area contributed by atoms with Crippen LogP contribution in [-0.4, -0.2) is 71.3 Å². The number of nitrogens with one attached hydrogen (secondary N) is 1. The molecule has 1 N–H and O–H groups in total. The summed E-state index contributed by atoms with van der Waals surface area (Å²) in [5, 5.41) is 0. The third kappa shape index (κ3) is 4.79. The van der Waals surface area contributed by atoms with Crippen molar-refractivity contribution in [3.8, 4) is 0 Å². The molecule has 1 aromatic carbocycles. The van der Waals surface area contributed by atoms with Gasteiger partial charge in [0.25, 0.3) is 0 Å². The van der Waals surface area contributed by atoms with Crippen LogP contribution >= 0.6 is 0 Å². The monoisotopic (exact) mass is 427 g/mol. The Morgan fingerprint density at radius 3 is 2.13 bits per heavy atom. The van der Waals surface area contributed by atoms with Crippen LogP contribution in [0, 0.1) is 5.92 Å². The van der Waals surface area contributed by atoms with Crippen molar-refractivity contribution in [3.63, 3.8) is 0 Å². The van der Waals surface area contributed by atoms with E-state index in [9.17, 15) is 19.2 Å². The Balaban J connectivity index is 1.30. The van der Waals surface area contributed by atoms with Crippen molar-refractivity contribution in [1.82, 2.24) is 14.7 Å². The summed E-state index contributed by atoms with van der Waals surface area (Å²) in [6, 6.07) is 8.63. The molecule has 0 unspecified atom stereocenters. The van der Waals surface area contributed by atoms with Gasteiger partial charge in [-0.3, -0.25) is 19.3 Å². The summed E-state index contributed by atoms with van der Waals surface area (Å²) in [6.07, 6.45) is 6.07. The maximum absolute atomic E-state index is 12.9. The van der Waals surface area contributed by atoms with Gasteiger partial charge in [-0.05, 0) is 18.4 Å². The van der Waals surface area contributed by atoms with E-state index < -0.39 is 17.8 Å². The third-order valence-electron chi connectivity index (χ3n) is 6.66. The Morgan fingerprint density at radius 1 is 0.871 bits per heavy atom. The van der Waals surface area contributed by atoms with Crippen molar-refractivity contribution < 1.29 is 24.1 Å². The number of carbonyl (C=O) groups excluding carboxylic acids is 4. The fourth-order valence-corrected chi connectivity index (χ4v) is 4.80. The molecule has 0 aliphatic carbocycles. The molecule has 3 saturated heterocycles. The summed E-state index contributed by atoms with van der Waals surface area (Å²) in [7, 11) is 0. The molecule has 3 aliphatic heterocycles. The molecule has 0 spiro atoms. The second-order valence-electron chi connectivity index (χ2n) is 8.81. The number of piperidine rings is 1. The Kier molecular flexibility index (Phi) is 6.65. The highest BCUT2D eigenvalue weighted by molar-refractivity contribution is 6.44. The van der Waals surface area contributed by atoms with E-state index in [1.165, 1.54) is 12.8 Å². The van der Waals surface area contributed by atoms with Gasteiger partial charge in [0, 0.05) is 31.8 Å². The van der Waals surface area contributed by atoms with Crippen LogP contribution in [0.2, 0.25) is 0 Å². The van der Waals surface area contributed by atoms with Crippen LogP contribution in [-0.2, 0) is 20.9 Å². The normalized spacial score (nSPS) is 25.2. The van der Waals surface area contributed by atoms with E-state index >= 15 is 0 Å². The summed E-state index contributed by atoms with van der Waals surface area (Å²) >= 11 is 0. The fourth-order valence-electron chi connectivity index (χ4n) is 4.80. The summed E-state index contributed by atoms with van der Waals surface area (Å²) in [5.74, 6) is -1.22. The second kappa shape index (κ2) is 9.60. The summed E-state index contributed by atoms with van der Waals surface area (Å²) in [6.45, 7) is 3.44. The van der Waals surface area contributed by atoms with Gasteiger partial charge >= 0.3 is 17.8 Å².